The molecule has 0 radical (unpaired) electrons. The molecule has 3 aromatic carbocycles. The van der Waals surface area contributed by atoms with Gasteiger partial charge >= 0.3 is 0 Å². The minimum Gasteiger partial charge on any atom is -0.324 e. The van der Waals surface area contributed by atoms with E-state index in [9.17, 15) is 13.2 Å². The van der Waals surface area contributed by atoms with Crippen LogP contribution in [0.25, 0.3) is 0 Å². The summed E-state index contributed by atoms with van der Waals surface area (Å²) in [5.41, 5.74) is 8.01. The van der Waals surface area contributed by atoms with Gasteiger partial charge in [-0.25, -0.2) is 8.42 Å². The van der Waals surface area contributed by atoms with Gasteiger partial charge in [0.25, 0.3) is 0 Å². The van der Waals surface area contributed by atoms with Crippen LogP contribution in [0.3, 0.4) is 0 Å². The van der Waals surface area contributed by atoms with E-state index in [4.69, 9.17) is 0 Å². The maximum absolute atomic E-state index is 13.9. The Balaban J connectivity index is 1.99. The van der Waals surface area contributed by atoms with Crippen LogP contribution >= 0.6 is 0 Å². The van der Waals surface area contributed by atoms with Gasteiger partial charge in [0.05, 0.1) is 11.4 Å². The Bertz CT molecular complexity index is 1280. The number of amides is 1. The summed E-state index contributed by atoms with van der Waals surface area (Å²) in [6.45, 7) is 13.2. The van der Waals surface area contributed by atoms with Crippen molar-refractivity contribution in [1.29, 1.82) is 0 Å². The lowest BCUT2D eigenvalue weighted by Gasteiger charge is -2.25. The predicted octanol–water partition coefficient (Wildman–Crippen LogP) is 5.68. The number of hydrogen-bond acceptors (Lipinski definition) is 3. The van der Waals surface area contributed by atoms with E-state index >= 15 is 0 Å². The molecule has 5 nitrogen and oxygen atoms in total. The predicted molar refractivity (Wildman–Crippen MR) is 139 cm³/mol. The number of benzene rings is 3. The minimum absolute atomic E-state index is 0.106. The highest BCUT2D eigenvalue weighted by molar-refractivity contribution is 7.89. The summed E-state index contributed by atoms with van der Waals surface area (Å²) in [7, 11) is -3.93. The fraction of sp³-hybridized carbons (Fsp3) is 0.321. The molecule has 180 valence electrons. The topological polar surface area (TPSA) is 66.5 Å². The van der Waals surface area contributed by atoms with E-state index in [0.29, 0.717) is 11.1 Å². The summed E-state index contributed by atoms with van der Waals surface area (Å²) in [6.07, 6.45) is 0. The van der Waals surface area contributed by atoms with Crippen LogP contribution in [0, 0.1) is 48.5 Å². The van der Waals surface area contributed by atoms with Gasteiger partial charge in [-0.15, -0.1) is 0 Å². The molecule has 0 unspecified atom stereocenters. The first-order valence-corrected chi connectivity index (χ1v) is 12.8. The van der Waals surface area contributed by atoms with Gasteiger partial charge in [-0.3, -0.25) is 4.79 Å². The molecule has 34 heavy (non-hydrogen) atoms. The molecule has 0 saturated heterocycles. The highest BCUT2D eigenvalue weighted by Crippen LogP contribution is 2.27. The maximum Gasteiger partial charge on any atom is 0.244 e. The van der Waals surface area contributed by atoms with Crippen molar-refractivity contribution in [3.63, 3.8) is 0 Å². The van der Waals surface area contributed by atoms with Crippen LogP contribution in [-0.2, 0) is 21.4 Å². The van der Waals surface area contributed by atoms with E-state index in [1.165, 1.54) is 4.31 Å². The molecular formula is C28H34N2O3S. The van der Waals surface area contributed by atoms with E-state index < -0.39 is 10.0 Å². The molecule has 3 aromatic rings. The van der Waals surface area contributed by atoms with Crippen LogP contribution in [0.4, 0.5) is 5.69 Å². The molecule has 3 rings (SSSR count). The van der Waals surface area contributed by atoms with Gasteiger partial charge in [-0.1, -0.05) is 65.2 Å². The second kappa shape index (κ2) is 10.1. The summed E-state index contributed by atoms with van der Waals surface area (Å²) in [5.74, 6) is -0.367. The normalized spacial score (nSPS) is 11.6. The molecule has 0 aliphatic carbocycles. The van der Waals surface area contributed by atoms with E-state index in [-0.39, 0.29) is 23.9 Å². The first kappa shape index (κ1) is 25.7. The van der Waals surface area contributed by atoms with Crippen molar-refractivity contribution in [2.45, 2.75) is 59.9 Å². The van der Waals surface area contributed by atoms with E-state index in [1.54, 1.807) is 13.8 Å². The van der Waals surface area contributed by atoms with E-state index in [2.05, 4.69) is 5.32 Å². The Morgan fingerprint density at radius 1 is 0.735 bits per heavy atom. The van der Waals surface area contributed by atoms with Crippen LogP contribution in [0.1, 0.15) is 44.5 Å². The van der Waals surface area contributed by atoms with Gasteiger partial charge in [0.15, 0.2) is 0 Å². The zero-order valence-electron chi connectivity index (χ0n) is 21.1. The smallest absolute Gasteiger partial charge is 0.244 e. The second-order valence-corrected chi connectivity index (χ2v) is 11.2. The van der Waals surface area contributed by atoms with Crippen molar-refractivity contribution >= 4 is 21.6 Å². The third-order valence-corrected chi connectivity index (χ3v) is 8.04. The Kier molecular flexibility index (Phi) is 7.64. The van der Waals surface area contributed by atoms with Crippen LogP contribution in [-0.4, -0.2) is 25.2 Å². The third-order valence-electron chi connectivity index (χ3n) is 5.94. The number of nitrogens with zero attached hydrogens (tertiary/aromatic N) is 1. The van der Waals surface area contributed by atoms with Crippen LogP contribution < -0.4 is 5.32 Å². The molecule has 0 heterocycles. The number of rotatable bonds is 7. The lowest BCUT2D eigenvalue weighted by Crippen LogP contribution is -2.38. The number of hydrogen-bond donors (Lipinski definition) is 1. The van der Waals surface area contributed by atoms with E-state index in [1.807, 2.05) is 83.1 Å². The molecule has 0 atom stereocenters. The molecule has 1 amide bonds. The van der Waals surface area contributed by atoms with Gasteiger partial charge in [-0.05, 0) is 76.3 Å². The van der Waals surface area contributed by atoms with Gasteiger partial charge < -0.3 is 5.32 Å². The summed E-state index contributed by atoms with van der Waals surface area (Å²) in [4.78, 5) is 13.4. The molecule has 0 aliphatic heterocycles. The van der Waals surface area contributed by atoms with Crippen LogP contribution in [0.2, 0.25) is 0 Å². The highest BCUT2D eigenvalue weighted by Gasteiger charge is 2.30. The fourth-order valence-corrected chi connectivity index (χ4v) is 6.34. The molecule has 1 N–H and O–H groups in total. The van der Waals surface area contributed by atoms with Crippen LogP contribution in [0.15, 0.2) is 53.4 Å². The van der Waals surface area contributed by atoms with Gasteiger partial charge in [0.1, 0.15) is 0 Å². The lowest BCUT2D eigenvalue weighted by molar-refractivity contribution is -0.116. The largest absolute Gasteiger partial charge is 0.324 e. The van der Waals surface area contributed by atoms with Crippen molar-refractivity contribution < 1.29 is 13.2 Å². The zero-order valence-corrected chi connectivity index (χ0v) is 21.9. The Labute approximate surface area is 203 Å². The average Bonchev–Trinajstić information content (AvgIpc) is 2.70. The Morgan fingerprint density at radius 2 is 1.21 bits per heavy atom. The van der Waals surface area contributed by atoms with Crippen molar-refractivity contribution in [2.24, 2.45) is 0 Å². The van der Waals surface area contributed by atoms with Crippen molar-refractivity contribution in [3.05, 3.63) is 93.0 Å². The molecule has 0 aliphatic rings. The van der Waals surface area contributed by atoms with Crippen LogP contribution in [0.5, 0.6) is 0 Å². The van der Waals surface area contributed by atoms with Crippen molar-refractivity contribution in [3.8, 4) is 0 Å². The van der Waals surface area contributed by atoms with Gasteiger partial charge in [0.2, 0.25) is 15.9 Å². The monoisotopic (exact) mass is 478 g/mol. The molecule has 0 bridgehead atoms. The quantitative estimate of drug-likeness (QED) is 0.475. The first-order chi connectivity index (χ1) is 15.9. The standard InChI is InChI=1S/C28H34N2O3S/c1-18-8-10-25(11-9-18)16-30(34(32,33)28-23(6)14-20(3)15-24(28)7)17-26(31)29-27-21(4)12-19(2)13-22(27)5/h8-15H,16-17H2,1-7H3,(H,29,31). The number of carbonyl (C=O) groups is 1. The Hall–Kier alpha value is -2.96. The fourth-order valence-electron chi connectivity index (χ4n) is 4.54. The Morgan fingerprint density at radius 3 is 1.71 bits per heavy atom. The SMILES string of the molecule is Cc1ccc(CN(CC(=O)Nc2c(C)cc(C)cc2C)S(=O)(=O)c2c(C)cc(C)cc2C)cc1. The summed E-state index contributed by atoms with van der Waals surface area (Å²) in [5, 5.41) is 2.95. The van der Waals surface area contributed by atoms with E-state index in [0.717, 1.165) is 39.1 Å². The number of sulfonamides is 1. The molecule has 0 fully saturated rings. The third kappa shape index (κ3) is 5.75. The molecule has 0 spiro atoms. The van der Waals surface area contributed by atoms with Crippen molar-refractivity contribution in [1.82, 2.24) is 4.31 Å². The summed E-state index contributed by atoms with van der Waals surface area (Å²) < 4.78 is 29.0. The average molecular weight is 479 g/mol. The van der Waals surface area contributed by atoms with Crippen molar-refractivity contribution in [2.75, 3.05) is 11.9 Å². The summed E-state index contributed by atoms with van der Waals surface area (Å²) >= 11 is 0. The maximum atomic E-state index is 13.9. The minimum atomic E-state index is -3.93. The van der Waals surface area contributed by atoms with Gasteiger partial charge in [-0.2, -0.15) is 4.31 Å². The summed E-state index contributed by atoms with van der Waals surface area (Å²) in [6, 6.07) is 15.4. The molecule has 0 saturated carbocycles. The number of carbonyl (C=O) groups excluding carboxylic acids is 1. The number of anilines is 1. The number of aryl methyl sites for hydroxylation is 7. The lowest BCUT2D eigenvalue weighted by atomic mass is 10.1. The highest BCUT2D eigenvalue weighted by atomic mass is 32.2. The molecule has 0 aromatic heterocycles. The second-order valence-electron chi connectivity index (χ2n) is 9.31. The number of nitrogens with one attached hydrogen (secondary N) is 1. The molecular weight excluding hydrogens is 444 g/mol. The zero-order chi connectivity index (χ0) is 25.2. The first-order valence-electron chi connectivity index (χ1n) is 11.4. The molecule has 6 heteroatoms. The van der Waals surface area contributed by atoms with Gasteiger partial charge in [0, 0.05) is 12.2 Å².